The molecule has 0 unspecified atom stereocenters. The van der Waals surface area contributed by atoms with E-state index in [9.17, 15) is 9.59 Å². The molecule has 7 heteroatoms. The summed E-state index contributed by atoms with van der Waals surface area (Å²) >= 11 is 0. The molecule has 0 saturated carbocycles. The van der Waals surface area contributed by atoms with Crippen molar-refractivity contribution in [2.75, 3.05) is 0 Å². The first-order valence-corrected chi connectivity index (χ1v) is 10.3. The second-order valence-corrected chi connectivity index (χ2v) is 7.76. The summed E-state index contributed by atoms with van der Waals surface area (Å²) in [4.78, 5) is 29.9. The van der Waals surface area contributed by atoms with Crippen LogP contribution < -0.4 is 10.9 Å². The van der Waals surface area contributed by atoms with E-state index in [-0.39, 0.29) is 24.4 Å². The molecule has 0 atom stereocenters. The Hall–Kier alpha value is -3.74. The molecule has 1 amide bonds. The molecular weight excluding hydrogens is 390 g/mol. The number of carbonyl (C=O) groups excluding carboxylic acids is 1. The smallest absolute Gasteiger partial charge is 0.264 e. The summed E-state index contributed by atoms with van der Waals surface area (Å²) in [5.74, 6) is 0.444. The Kier molecular flexibility index (Phi) is 5.66. The molecule has 0 saturated heterocycles. The summed E-state index contributed by atoms with van der Waals surface area (Å²) in [5, 5.41) is 7.70. The Morgan fingerprint density at radius 3 is 2.29 bits per heavy atom. The van der Waals surface area contributed by atoms with Gasteiger partial charge in [0, 0.05) is 19.5 Å². The Morgan fingerprint density at radius 2 is 1.61 bits per heavy atom. The van der Waals surface area contributed by atoms with Crippen LogP contribution in [0, 0.1) is 20.8 Å². The third kappa shape index (κ3) is 4.40. The molecular formula is C24H25N5O2. The van der Waals surface area contributed by atoms with Crippen LogP contribution in [0.5, 0.6) is 0 Å². The van der Waals surface area contributed by atoms with Crippen LogP contribution in [0.3, 0.4) is 0 Å². The van der Waals surface area contributed by atoms with Gasteiger partial charge in [0.1, 0.15) is 11.2 Å². The van der Waals surface area contributed by atoms with Gasteiger partial charge >= 0.3 is 0 Å². The molecule has 2 aromatic heterocycles. The third-order valence-corrected chi connectivity index (χ3v) is 5.33. The molecule has 0 aliphatic carbocycles. The van der Waals surface area contributed by atoms with Crippen LogP contribution in [0.1, 0.15) is 28.9 Å². The van der Waals surface area contributed by atoms with E-state index < -0.39 is 0 Å². The van der Waals surface area contributed by atoms with Gasteiger partial charge in [0.05, 0.1) is 11.9 Å². The number of fused-ring (bicyclic) bond motifs is 1. The first-order chi connectivity index (χ1) is 14.9. The summed E-state index contributed by atoms with van der Waals surface area (Å²) in [6.45, 7) is 6.55. The van der Waals surface area contributed by atoms with E-state index in [0.29, 0.717) is 23.4 Å². The number of amides is 1. The quantitative estimate of drug-likeness (QED) is 0.524. The zero-order chi connectivity index (χ0) is 22.0. The molecule has 0 radical (unpaired) electrons. The van der Waals surface area contributed by atoms with Crippen LogP contribution in [0.2, 0.25) is 0 Å². The lowest BCUT2D eigenvalue weighted by atomic mass is 10.1. The largest absolute Gasteiger partial charge is 0.352 e. The highest BCUT2D eigenvalue weighted by Crippen LogP contribution is 2.15. The lowest BCUT2D eigenvalue weighted by Crippen LogP contribution is -2.29. The predicted octanol–water partition coefficient (Wildman–Crippen LogP) is 3.21. The number of benzene rings is 2. The average molecular weight is 415 g/mol. The van der Waals surface area contributed by atoms with Crippen LogP contribution in [-0.4, -0.2) is 25.2 Å². The Labute approximate surface area is 180 Å². The maximum absolute atomic E-state index is 13.0. The molecule has 0 fully saturated rings. The number of rotatable bonds is 6. The van der Waals surface area contributed by atoms with Crippen LogP contribution in [-0.2, 0) is 17.9 Å². The fraction of sp³-hybridized carbons (Fsp3) is 0.250. The molecule has 0 spiro atoms. The average Bonchev–Trinajstić information content (AvgIpc) is 3.17. The molecule has 7 nitrogen and oxygen atoms in total. The number of aryl methyl sites for hydroxylation is 3. The minimum absolute atomic E-state index is 0.109. The highest BCUT2D eigenvalue weighted by Gasteiger charge is 2.15. The van der Waals surface area contributed by atoms with E-state index in [1.807, 2.05) is 62.4 Å². The van der Waals surface area contributed by atoms with Crippen molar-refractivity contribution in [2.24, 2.45) is 0 Å². The van der Waals surface area contributed by atoms with E-state index in [1.54, 1.807) is 11.6 Å². The van der Waals surface area contributed by atoms with E-state index in [4.69, 9.17) is 0 Å². The van der Waals surface area contributed by atoms with Crippen molar-refractivity contribution in [3.63, 3.8) is 0 Å². The van der Waals surface area contributed by atoms with E-state index in [0.717, 1.165) is 16.8 Å². The number of carbonyl (C=O) groups is 1. The van der Waals surface area contributed by atoms with Crippen molar-refractivity contribution in [3.05, 3.63) is 87.6 Å². The van der Waals surface area contributed by atoms with E-state index >= 15 is 0 Å². The Bertz CT molecular complexity index is 1280. The zero-order valence-corrected chi connectivity index (χ0v) is 17.9. The van der Waals surface area contributed by atoms with Gasteiger partial charge in [-0.1, -0.05) is 47.5 Å². The zero-order valence-electron chi connectivity index (χ0n) is 17.9. The molecule has 158 valence electrons. The fourth-order valence-electron chi connectivity index (χ4n) is 3.45. The summed E-state index contributed by atoms with van der Waals surface area (Å²) < 4.78 is 3.21. The van der Waals surface area contributed by atoms with Gasteiger partial charge in [0.2, 0.25) is 5.91 Å². The fourth-order valence-corrected chi connectivity index (χ4v) is 3.45. The number of nitrogens with zero attached hydrogens (tertiary/aromatic N) is 4. The van der Waals surface area contributed by atoms with Crippen molar-refractivity contribution in [2.45, 2.75) is 40.3 Å². The predicted molar refractivity (Wildman–Crippen MR) is 120 cm³/mol. The third-order valence-electron chi connectivity index (χ3n) is 5.33. The van der Waals surface area contributed by atoms with Gasteiger partial charge in [-0.25, -0.2) is 9.67 Å². The molecule has 4 rings (SSSR count). The van der Waals surface area contributed by atoms with Crippen molar-refractivity contribution in [3.8, 4) is 5.69 Å². The van der Waals surface area contributed by atoms with Gasteiger partial charge in [-0.05, 0) is 38.5 Å². The molecule has 2 aromatic carbocycles. The van der Waals surface area contributed by atoms with Crippen LogP contribution in [0.25, 0.3) is 16.7 Å². The number of nitrogens with one attached hydrogen (secondary N) is 1. The molecule has 31 heavy (non-hydrogen) atoms. The highest BCUT2D eigenvalue weighted by molar-refractivity contribution is 5.76. The Morgan fingerprint density at radius 1 is 0.968 bits per heavy atom. The van der Waals surface area contributed by atoms with Crippen molar-refractivity contribution >= 4 is 16.9 Å². The molecule has 4 aromatic rings. The van der Waals surface area contributed by atoms with Gasteiger partial charge in [-0.2, -0.15) is 5.10 Å². The molecule has 1 N–H and O–H groups in total. The minimum Gasteiger partial charge on any atom is -0.352 e. The second kappa shape index (κ2) is 8.55. The topological polar surface area (TPSA) is 81.8 Å². The number of aromatic nitrogens is 4. The monoisotopic (exact) mass is 415 g/mol. The van der Waals surface area contributed by atoms with Gasteiger partial charge in [-0.3, -0.25) is 14.2 Å². The highest BCUT2D eigenvalue weighted by atomic mass is 16.1. The number of hydrogen-bond donors (Lipinski definition) is 1. The second-order valence-electron chi connectivity index (χ2n) is 7.76. The minimum atomic E-state index is -0.188. The van der Waals surface area contributed by atoms with Crippen LogP contribution in [0.15, 0.2) is 59.5 Å². The van der Waals surface area contributed by atoms with Crippen molar-refractivity contribution in [1.82, 2.24) is 24.6 Å². The normalized spacial score (nSPS) is 11.1. The summed E-state index contributed by atoms with van der Waals surface area (Å²) in [6, 6.07) is 15.9. The van der Waals surface area contributed by atoms with Gasteiger partial charge in [0.25, 0.3) is 5.56 Å². The first kappa shape index (κ1) is 20.5. The van der Waals surface area contributed by atoms with Gasteiger partial charge in [0.15, 0.2) is 5.65 Å². The van der Waals surface area contributed by atoms with Gasteiger partial charge < -0.3 is 5.32 Å². The van der Waals surface area contributed by atoms with Crippen molar-refractivity contribution < 1.29 is 4.79 Å². The lowest BCUT2D eigenvalue weighted by molar-refractivity contribution is -0.121. The standard InChI is InChI=1S/C24H25N5O2/c1-16-4-8-19(9-5-16)14-25-22(30)12-13-28-18(3)27-23-21(24(28)31)15-26-29(23)20-10-6-17(2)7-11-20/h4-11,15H,12-14H2,1-3H3,(H,25,30). The molecule has 0 aliphatic heterocycles. The molecule has 0 bridgehead atoms. The van der Waals surface area contributed by atoms with Crippen LogP contribution >= 0.6 is 0 Å². The SMILES string of the molecule is Cc1ccc(CNC(=O)CCn2c(C)nc3c(cnn3-c3ccc(C)cc3)c2=O)cc1. The summed E-state index contributed by atoms with van der Waals surface area (Å²) in [7, 11) is 0. The van der Waals surface area contributed by atoms with E-state index in [1.165, 1.54) is 16.3 Å². The van der Waals surface area contributed by atoms with E-state index in [2.05, 4.69) is 15.4 Å². The maximum Gasteiger partial charge on any atom is 0.264 e. The maximum atomic E-state index is 13.0. The van der Waals surface area contributed by atoms with Crippen LogP contribution in [0.4, 0.5) is 0 Å². The summed E-state index contributed by atoms with van der Waals surface area (Å²) in [6.07, 6.45) is 1.74. The number of hydrogen-bond acceptors (Lipinski definition) is 4. The van der Waals surface area contributed by atoms with Gasteiger partial charge in [-0.15, -0.1) is 0 Å². The summed E-state index contributed by atoms with van der Waals surface area (Å²) in [5.41, 5.74) is 4.54. The molecule has 0 aliphatic rings. The lowest BCUT2D eigenvalue weighted by Gasteiger charge is -2.11. The molecule has 2 heterocycles. The Balaban J connectivity index is 1.49. The van der Waals surface area contributed by atoms with Crippen molar-refractivity contribution in [1.29, 1.82) is 0 Å². The first-order valence-electron chi connectivity index (χ1n) is 10.3.